The van der Waals surface area contributed by atoms with E-state index in [0.717, 1.165) is 5.75 Å². The van der Waals surface area contributed by atoms with Gasteiger partial charge in [0.25, 0.3) is 0 Å². The van der Waals surface area contributed by atoms with Crippen LogP contribution < -0.4 is 10.6 Å². The number of unbranched alkanes of at least 4 members (excludes halogenated alkanes) is 9. The van der Waals surface area contributed by atoms with Gasteiger partial charge in [-0.25, -0.2) is 0 Å². The molecule has 1 aliphatic heterocycles. The first-order chi connectivity index (χ1) is 11.4. The number of hydrogen-bond acceptors (Lipinski definition) is 3. The molecule has 2 N–H and O–H groups in total. The first-order valence-corrected chi connectivity index (χ1v) is 10.8. The maximum atomic E-state index is 3.54. The summed E-state index contributed by atoms with van der Waals surface area (Å²) >= 11 is 2.07. The van der Waals surface area contributed by atoms with Gasteiger partial charge in [0.05, 0.1) is 11.4 Å². The lowest BCUT2D eigenvalue weighted by atomic mass is 10.1. The molecule has 0 atom stereocenters. The molecule has 2 rings (SSSR count). The lowest BCUT2D eigenvalue weighted by molar-refractivity contribution is 0.563. The zero-order valence-corrected chi connectivity index (χ0v) is 15.6. The van der Waals surface area contributed by atoms with Crippen LogP contribution >= 0.6 is 11.8 Å². The van der Waals surface area contributed by atoms with E-state index in [1.165, 1.54) is 81.3 Å². The number of fused-ring (bicyclic) bond motifs is 1. The molecule has 0 fully saturated rings. The van der Waals surface area contributed by atoms with Crippen molar-refractivity contribution in [2.75, 3.05) is 22.1 Å². The minimum atomic E-state index is 0.403. The van der Waals surface area contributed by atoms with Gasteiger partial charge in [0.2, 0.25) is 0 Å². The predicted octanol–water partition coefficient (Wildman–Crippen LogP) is 6.50. The largest absolute Gasteiger partial charge is 0.363 e. The number of hydrogen-bond donors (Lipinski definition) is 2. The Labute approximate surface area is 147 Å². The van der Waals surface area contributed by atoms with Crippen molar-refractivity contribution in [2.45, 2.75) is 77.3 Å². The third-order valence-corrected chi connectivity index (χ3v) is 5.66. The summed E-state index contributed by atoms with van der Waals surface area (Å²) in [4.78, 5) is 0. The van der Waals surface area contributed by atoms with E-state index >= 15 is 0 Å². The van der Waals surface area contributed by atoms with Crippen LogP contribution in [0.1, 0.15) is 71.1 Å². The Kier molecular flexibility index (Phi) is 9.39. The summed E-state index contributed by atoms with van der Waals surface area (Å²) < 4.78 is 0. The Hall–Kier alpha value is -0.830. The van der Waals surface area contributed by atoms with Gasteiger partial charge in [0.15, 0.2) is 0 Å². The standard InChI is InChI=1S/C20H34N2S/c1-2-3-4-5-6-7-8-9-10-13-16-23-17-20-21-18-14-11-12-15-19(18)22-20/h11-12,14-15,20-22H,2-10,13,16-17H2,1H3. The highest BCUT2D eigenvalue weighted by Crippen LogP contribution is 2.29. The second-order valence-corrected chi connectivity index (χ2v) is 7.79. The molecule has 1 aromatic rings. The van der Waals surface area contributed by atoms with Gasteiger partial charge in [0.1, 0.15) is 6.17 Å². The third-order valence-electron chi connectivity index (χ3n) is 4.51. The number of anilines is 2. The van der Waals surface area contributed by atoms with Gasteiger partial charge < -0.3 is 10.6 Å². The lowest BCUT2D eigenvalue weighted by Crippen LogP contribution is -2.24. The van der Waals surface area contributed by atoms with Crippen LogP contribution in [0.25, 0.3) is 0 Å². The van der Waals surface area contributed by atoms with Crippen molar-refractivity contribution in [3.8, 4) is 0 Å². The van der Waals surface area contributed by atoms with Gasteiger partial charge in [0, 0.05) is 5.75 Å². The second-order valence-electron chi connectivity index (χ2n) is 6.64. The molecule has 1 aliphatic rings. The van der Waals surface area contributed by atoms with Crippen LogP contribution in [0.5, 0.6) is 0 Å². The number of benzene rings is 1. The fourth-order valence-corrected chi connectivity index (χ4v) is 4.10. The molecule has 0 saturated carbocycles. The van der Waals surface area contributed by atoms with E-state index in [4.69, 9.17) is 0 Å². The van der Waals surface area contributed by atoms with Gasteiger partial charge in [-0.1, -0.05) is 76.8 Å². The molecule has 0 saturated heterocycles. The maximum absolute atomic E-state index is 3.54. The first kappa shape index (κ1) is 18.5. The Morgan fingerprint density at radius 2 is 1.30 bits per heavy atom. The summed E-state index contributed by atoms with van der Waals surface area (Å²) in [7, 11) is 0. The second kappa shape index (κ2) is 11.7. The molecule has 0 bridgehead atoms. The topological polar surface area (TPSA) is 24.1 Å². The molecule has 0 spiro atoms. The lowest BCUT2D eigenvalue weighted by Gasteiger charge is -2.11. The van der Waals surface area contributed by atoms with Gasteiger partial charge in [-0.2, -0.15) is 11.8 Å². The molecule has 0 unspecified atom stereocenters. The van der Waals surface area contributed by atoms with Crippen LogP contribution in [-0.2, 0) is 0 Å². The van der Waals surface area contributed by atoms with E-state index in [-0.39, 0.29) is 0 Å². The fourth-order valence-electron chi connectivity index (χ4n) is 3.12. The van der Waals surface area contributed by atoms with Crippen molar-refractivity contribution < 1.29 is 0 Å². The summed E-state index contributed by atoms with van der Waals surface area (Å²) in [6.07, 6.45) is 14.6. The summed E-state index contributed by atoms with van der Waals surface area (Å²) in [5.74, 6) is 2.44. The fraction of sp³-hybridized carbons (Fsp3) is 0.700. The summed E-state index contributed by atoms with van der Waals surface area (Å²) in [5.41, 5.74) is 2.49. The number of rotatable bonds is 13. The zero-order valence-electron chi connectivity index (χ0n) is 14.8. The molecule has 2 nitrogen and oxygen atoms in total. The Bertz CT molecular complexity index is 397. The van der Waals surface area contributed by atoms with E-state index in [9.17, 15) is 0 Å². The molecule has 23 heavy (non-hydrogen) atoms. The van der Waals surface area contributed by atoms with Crippen LogP contribution in [-0.4, -0.2) is 17.7 Å². The van der Waals surface area contributed by atoms with Crippen LogP contribution in [0.4, 0.5) is 11.4 Å². The van der Waals surface area contributed by atoms with Crippen molar-refractivity contribution in [3.63, 3.8) is 0 Å². The van der Waals surface area contributed by atoms with Gasteiger partial charge in [-0.3, -0.25) is 0 Å². The normalized spacial score (nSPS) is 13.6. The zero-order chi connectivity index (χ0) is 16.2. The molecule has 0 aliphatic carbocycles. The average Bonchev–Trinajstić information content (AvgIpc) is 2.98. The monoisotopic (exact) mass is 334 g/mol. The molecular formula is C20H34N2S. The molecule has 1 heterocycles. The van der Waals surface area contributed by atoms with E-state index in [0.29, 0.717) is 6.17 Å². The SMILES string of the molecule is CCCCCCCCCCCCSCC1Nc2ccccc2N1. The molecule has 0 aromatic heterocycles. The van der Waals surface area contributed by atoms with Crippen molar-refractivity contribution in [1.29, 1.82) is 0 Å². The van der Waals surface area contributed by atoms with Crippen molar-refractivity contribution in [1.82, 2.24) is 0 Å². The third kappa shape index (κ3) is 7.52. The van der Waals surface area contributed by atoms with E-state index in [1.807, 2.05) is 0 Å². The smallest absolute Gasteiger partial charge is 0.106 e. The van der Waals surface area contributed by atoms with Crippen LogP contribution in [0.3, 0.4) is 0 Å². The quantitative estimate of drug-likeness (QED) is 0.402. The summed E-state index contributed by atoms with van der Waals surface area (Å²) in [6.45, 7) is 2.29. The highest BCUT2D eigenvalue weighted by atomic mass is 32.2. The minimum Gasteiger partial charge on any atom is -0.363 e. The Morgan fingerprint density at radius 3 is 1.87 bits per heavy atom. The molecule has 0 amide bonds. The summed E-state index contributed by atoms with van der Waals surface area (Å²) in [5, 5.41) is 7.08. The van der Waals surface area contributed by atoms with E-state index in [2.05, 4.69) is 53.6 Å². The molecule has 130 valence electrons. The highest BCUT2D eigenvalue weighted by Gasteiger charge is 2.17. The van der Waals surface area contributed by atoms with Crippen LogP contribution in [0, 0.1) is 0 Å². The molecule has 3 heteroatoms. The van der Waals surface area contributed by atoms with Crippen molar-refractivity contribution in [3.05, 3.63) is 24.3 Å². The van der Waals surface area contributed by atoms with Crippen molar-refractivity contribution in [2.24, 2.45) is 0 Å². The average molecular weight is 335 g/mol. The minimum absolute atomic E-state index is 0.403. The molecule has 1 aromatic carbocycles. The maximum Gasteiger partial charge on any atom is 0.106 e. The van der Waals surface area contributed by atoms with Gasteiger partial charge in [-0.15, -0.1) is 0 Å². The van der Waals surface area contributed by atoms with Crippen molar-refractivity contribution >= 4 is 23.1 Å². The van der Waals surface area contributed by atoms with E-state index < -0.39 is 0 Å². The molecule has 0 radical (unpaired) electrons. The first-order valence-electron chi connectivity index (χ1n) is 9.60. The Morgan fingerprint density at radius 1 is 0.783 bits per heavy atom. The van der Waals surface area contributed by atoms with E-state index in [1.54, 1.807) is 0 Å². The predicted molar refractivity (Wildman–Crippen MR) is 107 cm³/mol. The summed E-state index contributed by atoms with van der Waals surface area (Å²) in [6, 6.07) is 8.48. The van der Waals surface area contributed by atoms with Crippen LogP contribution in [0.2, 0.25) is 0 Å². The van der Waals surface area contributed by atoms with Crippen LogP contribution in [0.15, 0.2) is 24.3 Å². The number of thioether (sulfide) groups is 1. The van der Waals surface area contributed by atoms with Gasteiger partial charge >= 0.3 is 0 Å². The number of nitrogens with one attached hydrogen (secondary N) is 2. The van der Waals surface area contributed by atoms with Gasteiger partial charge in [-0.05, 0) is 24.3 Å². The number of para-hydroxylation sites is 2. The highest BCUT2D eigenvalue weighted by molar-refractivity contribution is 7.99. The molecular weight excluding hydrogens is 300 g/mol. The Balaban J connectivity index is 1.35.